The highest BCUT2D eigenvalue weighted by atomic mass is 32.1. The quantitative estimate of drug-likeness (QED) is 0.200. The first-order valence-electron chi connectivity index (χ1n) is 17.8. The maximum absolute atomic E-state index is 16.5. The van der Waals surface area contributed by atoms with Gasteiger partial charge in [-0.15, -0.1) is 0 Å². The van der Waals surface area contributed by atoms with Gasteiger partial charge in [0, 0.05) is 68.5 Å². The maximum atomic E-state index is 16.5. The Morgan fingerprint density at radius 1 is 1.12 bits per heavy atom. The lowest BCUT2D eigenvalue weighted by Crippen LogP contribution is -2.57. The Labute approximate surface area is 308 Å². The molecule has 2 saturated heterocycles. The average molecular weight is 746 g/mol. The molecule has 10 nitrogen and oxygen atoms in total. The number of pyridine rings is 1. The summed E-state index contributed by atoms with van der Waals surface area (Å²) in [5.74, 6) is -0.785. The number of hydrogen-bond acceptors (Lipinski definition) is 10. The molecule has 1 N–H and O–H groups in total. The van der Waals surface area contributed by atoms with Crippen LogP contribution in [0.25, 0.3) is 22.2 Å². The van der Waals surface area contributed by atoms with Crippen LogP contribution in [0.5, 0.6) is 0 Å². The normalized spacial score (nSPS) is 18.4. The number of aromatic nitrogens is 2. The smallest absolute Gasteiger partial charge is 0.236 e. The predicted molar refractivity (Wildman–Crippen MR) is 203 cm³/mol. The van der Waals surface area contributed by atoms with Crippen molar-refractivity contribution in [2.45, 2.75) is 64.0 Å². The number of nitrogens with zero attached hydrogens (tertiary/aromatic N) is 7. The molecule has 0 radical (unpaired) electrons. The van der Waals surface area contributed by atoms with Crippen LogP contribution in [0.1, 0.15) is 49.4 Å². The maximum Gasteiger partial charge on any atom is 0.236 e. The van der Waals surface area contributed by atoms with Crippen LogP contribution >= 0.6 is 11.3 Å². The molecule has 7 rings (SSSR count). The first kappa shape index (κ1) is 36.4. The predicted octanol–water partition coefficient (Wildman–Crippen LogP) is 6.61. The first-order chi connectivity index (χ1) is 24.6. The summed E-state index contributed by atoms with van der Waals surface area (Å²) in [5, 5.41) is 20.9. The molecule has 4 aromatic rings. The number of fused-ring (bicyclic) bond motifs is 2. The van der Waals surface area contributed by atoms with Crippen LogP contribution in [0.3, 0.4) is 0 Å². The van der Waals surface area contributed by atoms with Crippen molar-refractivity contribution in [1.82, 2.24) is 19.8 Å². The summed E-state index contributed by atoms with van der Waals surface area (Å²) < 4.78 is 37.1. The monoisotopic (exact) mass is 745 g/mol. The standard InChI is InChI=1S/C38H45F2N7O3SSi/c1-38(2,3)52(5,6)50-30-12-11-27-35(30)42-34-28(36(27)44(4)37-43-33(31(19-41)51-37)23-7-9-24(39)10-8-23)17-25(18-29(34)40)46-15-13-45(14-16-46)22-32(49)47-20-26(48)21-47/h7-10,17-18,26,30,48H,11-16,20-22H2,1-6H3. The number of aliphatic hydroxyl groups is 1. The van der Waals surface area contributed by atoms with E-state index in [0.29, 0.717) is 78.9 Å². The van der Waals surface area contributed by atoms with Gasteiger partial charge in [-0.05, 0) is 67.4 Å². The number of benzene rings is 2. The molecule has 1 amide bonds. The van der Waals surface area contributed by atoms with Crippen LogP contribution in [0.15, 0.2) is 36.4 Å². The molecule has 4 heterocycles. The third-order valence-corrected chi connectivity index (χ3v) is 16.6. The van der Waals surface area contributed by atoms with E-state index in [-0.39, 0.29) is 28.4 Å². The van der Waals surface area contributed by atoms with E-state index < -0.39 is 20.2 Å². The summed E-state index contributed by atoms with van der Waals surface area (Å²) in [6.07, 6.45) is 0.701. The van der Waals surface area contributed by atoms with E-state index in [4.69, 9.17) is 14.4 Å². The number of halogens is 2. The number of rotatable bonds is 8. The van der Waals surface area contributed by atoms with Crippen molar-refractivity contribution in [3.8, 4) is 17.3 Å². The third kappa shape index (κ3) is 6.80. The number of amides is 1. The summed E-state index contributed by atoms with van der Waals surface area (Å²) in [7, 11) is -0.309. The van der Waals surface area contributed by atoms with Gasteiger partial charge >= 0.3 is 0 Å². The van der Waals surface area contributed by atoms with E-state index in [0.717, 1.165) is 29.1 Å². The number of anilines is 3. The van der Waals surface area contributed by atoms with Crippen LogP contribution in [0.2, 0.25) is 18.1 Å². The van der Waals surface area contributed by atoms with Crippen LogP contribution < -0.4 is 9.80 Å². The van der Waals surface area contributed by atoms with E-state index in [2.05, 4.69) is 49.7 Å². The molecule has 52 heavy (non-hydrogen) atoms. The van der Waals surface area contributed by atoms with Gasteiger partial charge in [-0.3, -0.25) is 9.69 Å². The summed E-state index contributed by atoms with van der Waals surface area (Å²) >= 11 is 1.24. The first-order valence-corrected chi connectivity index (χ1v) is 21.5. The van der Waals surface area contributed by atoms with Gasteiger partial charge in [-0.1, -0.05) is 32.1 Å². The Morgan fingerprint density at radius 3 is 2.44 bits per heavy atom. The van der Waals surface area contributed by atoms with Crippen molar-refractivity contribution < 1.29 is 23.1 Å². The second-order valence-electron chi connectivity index (χ2n) is 15.6. The molecule has 14 heteroatoms. The van der Waals surface area contributed by atoms with Gasteiger partial charge in [0.2, 0.25) is 5.91 Å². The van der Waals surface area contributed by atoms with Crippen molar-refractivity contribution >= 4 is 53.0 Å². The second kappa shape index (κ2) is 13.8. The lowest BCUT2D eigenvalue weighted by Gasteiger charge is -2.40. The highest BCUT2D eigenvalue weighted by Crippen LogP contribution is 2.49. The molecule has 2 fully saturated rings. The highest BCUT2D eigenvalue weighted by Gasteiger charge is 2.42. The van der Waals surface area contributed by atoms with Crippen molar-refractivity contribution in [1.29, 1.82) is 5.26 Å². The van der Waals surface area contributed by atoms with Gasteiger partial charge in [0.25, 0.3) is 0 Å². The molecule has 0 saturated carbocycles. The molecule has 2 aromatic heterocycles. The number of thiazole rings is 1. The average Bonchev–Trinajstić information content (AvgIpc) is 3.70. The lowest BCUT2D eigenvalue weighted by molar-refractivity contribution is -0.142. The SMILES string of the molecule is CN(c1nc(-c2ccc(F)cc2)c(C#N)s1)c1c2c(nc3c(F)cc(N4CCN(CC(=O)N5CC(O)C5)CC4)cc13)C(O[Si](C)(C)C(C)(C)C)CC2. The molecule has 0 bridgehead atoms. The van der Waals surface area contributed by atoms with Gasteiger partial charge in [0.05, 0.1) is 30.1 Å². The van der Waals surface area contributed by atoms with Crippen LogP contribution in [0, 0.1) is 23.0 Å². The zero-order chi connectivity index (χ0) is 37.1. The molecule has 1 aliphatic carbocycles. The second-order valence-corrected chi connectivity index (χ2v) is 21.4. The molecular weight excluding hydrogens is 701 g/mol. The van der Waals surface area contributed by atoms with Crippen LogP contribution in [-0.2, 0) is 15.6 Å². The lowest BCUT2D eigenvalue weighted by atomic mass is 10.0. The minimum atomic E-state index is -2.20. The largest absolute Gasteiger partial charge is 0.408 e. The van der Waals surface area contributed by atoms with Crippen LogP contribution in [-0.4, -0.2) is 98.1 Å². The van der Waals surface area contributed by atoms with Gasteiger partial charge < -0.3 is 24.2 Å². The highest BCUT2D eigenvalue weighted by molar-refractivity contribution is 7.16. The summed E-state index contributed by atoms with van der Waals surface area (Å²) in [6, 6.07) is 11.8. The number of carbonyl (C=O) groups excluding carboxylic acids is 1. The van der Waals surface area contributed by atoms with E-state index in [1.807, 2.05) is 18.0 Å². The molecule has 274 valence electrons. The fraction of sp³-hybridized carbons (Fsp3) is 0.474. The Bertz CT molecular complexity index is 2050. The molecule has 1 unspecified atom stereocenters. The minimum absolute atomic E-state index is 0.0169. The van der Waals surface area contributed by atoms with Crippen molar-refractivity contribution in [3.63, 3.8) is 0 Å². The molecule has 2 aliphatic heterocycles. The Balaban J connectivity index is 1.27. The van der Waals surface area contributed by atoms with Crippen LogP contribution in [0.4, 0.5) is 25.3 Å². The van der Waals surface area contributed by atoms with Crippen molar-refractivity contribution in [3.05, 3.63) is 64.2 Å². The number of β-amino-alcohol motifs (C(OH)–C–C–N with tert-alkyl or cyclic N) is 1. The van der Waals surface area contributed by atoms with Crippen molar-refractivity contribution in [2.75, 3.05) is 62.7 Å². The number of likely N-dealkylation sites (tertiary alicyclic amines) is 1. The fourth-order valence-electron chi connectivity index (χ4n) is 7.03. The van der Waals surface area contributed by atoms with Gasteiger partial charge in [-0.2, -0.15) is 5.26 Å². The van der Waals surface area contributed by atoms with E-state index in [1.165, 1.54) is 23.5 Å². The summed E-state index contributed by atoms with van der Waals surface area (Å²) in [6.45, 7) is 14.6. The Hall–Kier alpha value is -4.00. The molecule has 0 spiro atoms. The topological polar surface area (TPSA) is 109 Å². The van der Waals surface area contributed by atoms with Gasteiger partial charge in [0.15, 0.2) is 19.3 Å². The fourth-order valence-corrected chi connectivity index (χ4v) is 9.18. The van der Waals surface area contributed by atoms with Gasteiger partial charge in [0.1, 0.15) is 28.0 Å². The van der Waals surface area contributed by atoms with Gasteiger partial charge in [-0.25, -0.2) is 18.7 Å². The summed E-state index contributed by atoms with van der Waals surface area (Å²) in [5.41, 5.74) is 4.60. The molecule has 1 atom stereocenters. The number of aliphatic hydroxyl groups excluding tert-OH is 1. The zero-order valence-electron chi connectivity index (χ0n) is 30.5. The number of nitriles is 1. The number of carbonyl (C=O) groups is 1. The molecule has 3 aliphatic rings. The van der Waals surface area contributed by atoms with Crippen molar-refractivity contribution in [2.24, 2.45) is 0 Å². The number of hydrogen-bond donors (Lipinski definition) is 1. The summed E-state index contributed by atoms with van der Waals surface area (Å²) in [4.78, 5) is 30.8. The molecule has 2 aromatic carbocycles. The zero-order valence-corrected chi connectivity index (χ0v) is 32.4. The van der Waals surface area contributed by atoms with E-state index in [1.54, 1.807) is 23.1 Å². The van der Waals surface area contributed by atoms with E-state index in [9.17, 15) is 19.6 Å². The third-order valence-electron chi connectivity index (χ3n) is 11.1. The Morgan fingerprint density at radius 2 is 1.81 bits per heavy atom. The minimum Gasteiger partial charge on any atom is -0.408 e. The molecular formula is C38H45F2N7O3SSi. The Kier molecular flexibility index (Phi) is 9.62. The van der Waals surface area contributed by atoms with E-state index >= 15 is 4.39 Å². The number of piperazine rings is 1.